The molecule has 0 unspecified atom stereocenters. The lowest BCUT2D eigenvalue weighted by Crippen LogP contribution is -2.51. The average Bonchev–Trinajstić information content (AvgIpc) is 3.13. The molecule has 198 valence electrons. The van der Waals surface area contributed by atoms with Crippen molar-refractivity contribution in [2.45, 2.75) is 63.3 Å². The molecule has 1 aliphatic carbocycles. The Morgan fingerprint density at radius 2 is 1.81 bits per heavy atom. The van der Waals surface area contributed by atoms with E-state index in [4.69, 9.17) is 0 Å². The quantitative estimate of drug-likeness (QED) is 0.619. The molecular formula is C25H34F2N4O4S. The fourth-order valence-electron chi connectivity index (χ4n) is 5.26. The number of nitrogens with one attached hydrogen (secondary N) is 1. The van der Waals surface area contributed by atoms with E-state index in [2.05, 4.69) is 10.3 Å². The van der Waals surface area contributed by atoms with Gasteiger partial charge in [0.05, 0.1) is 5.75 Å². The zero-order chi connectivity index (χ0) is 26.3. The molecule has 0 aromatic heterocycles. The van der Waals surface area contributed by atoms with Gasteiger partial charge in [0.1, 0.15) is 11.4 Å². The zero-order valence-electron chi connectivity index (χ0n) is 21.0. The molecule has 36 heavy (non-hydrogen) atoms. The number of amides is 2. The number of rotatable bonds is 6. The van der Waals surface area contributed by atoms with Crippen LogP contribution in [-0.4, -0.2) is 79.7 Å². The molecule has 2 fully saturated rings. The van der Waals surface area contributed by atoms with Crippen LogP contribution in [0, 0.1) is 12.8 Å². The van der Waals surface area contributed by atoms with Gasteiger partial charge in [-0.05, 0) is 62.3 Å². The van der Waals surface area contributed by atoms with Gasteiger partial charge in [0.2, 0.25) is 15.9 Å². The van der Waals surface area contributed by atoms with Gasteiger partial charge in [-0.1, -0.05) is 6.07 Å². The fourth-order valence-corrected chi connectivity index (χ4v) is 6.73. The van der Waals surface area contributed by atoms with Gasteiger partial charge in [0.25, 0.3) is 11.8 Å². The van der Waals surface area contributed by atoms with Crippen LogP contribution in [0.15, 0.2) is 23.2 Å². The van der Waals surface area contributed by atoms with Crippen molar-refractivity contribution >= 4 is 27.7 Å². The van der Waals surface area contributed by atoms with Crippen molar-refractivity contribution in [1.29, 1.82) is 0 Å². The fraction of sp³-hybridized carbons (Fsp3) is 0.640. The van der Waals surface area contributed by atoms with E-state index in [0.29, 0.717) is 17.8 Å². The molecule has 1 saturated heterocycles. The topological polar surface area (TPSA) is 99.2 Å². The van der Waals surface area contributed by atoms with E-state index in [1.54, 1.807) is 32.3 Å². The molecule has 1 spiro atoms. The number of sulfonamides is 1. The number of benzene rings is 1. The average molecular weight is 525 g/mol. The number of piperidine rings is 1. The number of hydrogen-bond acceptors (Lipinski definition) is 5. The number of alkyl halides is 2. The van der Waals surface area contributed by atoms with E-state index in [1.807, 2.05) is 6.92 Å². The largest absolute Gasteiger partial charge is 0.345 e. The summed E-state index contributed by atoms with van der Waals surface area (Å²) in [7, 11) is -0.194. The first-order chi connectivity index (χ1) is 16.8. The van der Waals surface area contributed by atoms with Crippen LogP contribution in [0.25, 0.3) is 0 Å². The van der Waals surface area contributed by atoms with Gasteiger partial charge in [-0.25, -0.2) is 21.5 Å². The number of aryl methyl sites for hydroxylation is 2. The third-order valence-corrected chi connectivity index (χ3v) is 9.54. The summed E-state index contributed by atoms with van der Waals surface area (Å²) >= 11 is 0. The normalized spacial score (nSPS) is 22.4. The summed E-state index contributed by atoms with van der Waals surface area (Å²) in [6.45, 7) is 2.23. The first-order valence-electron chi connectivity index (χ1n) is 12.4. The highest BCUT2D eigenvalue weighted by Crippen LogP contribution is 2.39. The summed E-state index contributed by atoms with van der Waals surface area (Å²) in [5.41, 5.74) is 1.28. The van der Waals surface area contributed by atoms with Crippen molar-refractivity contribution in [2.75, 3.05) is 32.9 Å². The molecule has 1 aromatic carbocycles. The van der Waals surface area contributed by atoms with Crippen molar-refractivity contribution in [3.8, 4) is 0 Å². The number of carbonyl (C=O) groups is 2. The van der Waals surface area contributed by atoms with Crippen molar-refractivity contribution in [2.24, 2.45) is 10.9 Å². The van der Waals surface area contributed by atoms with Crippen molar-refractivity contribution < 1.29 is 26.8 Å². The molecule has 0 radical (unpaired) electrons. The highest BCUT2D eigenvalue weighted by Gasteiger charge is 2.49. The molecular weight excluding hydrogens is 490 g/mol. The van der Waals surface area contributed by atoms with Gasteiger partial charge in [-0.15, -0.1) is 0 Å². The Morgan fingerprint density at radius 3 is 2.39 bits per heavy atom. The van der Waals surface area contributed by atoms with Crippen molar-refractivity contribution in [1.82, 2.24) is 14.5 Å². The molecule has 2 aliphatic heterocycles. The van der Waals surface area contributed by atoms with Crippen LogP contribution in [-0.2, 0) is 21.2 Å². The minimum Gasteiger partial charge on any atom is -0.345 e. The molecule has 0 atom stereocenters. The summed E-state index contributed by atoms with van der Waals surface area (Å²) < 4.78 is 54.5. The maximum absolute atomic E-state index is 13.5. The zero-order valence-corrected chi connectivity index (χ0v) is 21.8. The number of aliphatic imine (C=N–C) groups is 1. The maximum Gasteiger partial charge on any atom is 0.253 e. The summed E-state index contributed by atoms with van der Waals surface area (Å²) in [5.74, 6) is -2.78. The van der Waals surface area contributed by atoms with E-state index < -0.39 is 21.5 Å². The van der Waals surface area contributed by atoms with Crippen molar-refractivity contribution in [3.05, 3.63) is 34.9 Å². The molecule has 2 heterocycles. The second-order valence-electron chi connectivity index (χ2n) is 10.4. The third kappa shape index (κ3) is 5.46. The number of amidine groups is 1. The molecule has 3 aliphatic rings. The first kappa shape index (κ1) is 26.7. The second kappa shape index (κ2) is 9.81. The Morgan fingerprint density at radius 1 is 1.17 bits per heavy atom. The highest BCUT2D eigenvalue weighted by molar-refractivity contribution is 7.89. The molecule has 1 N–H and O–H groups in total. The Balaban J connectivity index is 1.36. The van der Waals surface area contributed by atoms with Gasteiger partial charge in [-0.2, -0.15) is 0 Å². The predicted octanol–water partition coefficient (Wildman–Crippen LogP) is 2.76. The van der Waals surface area contributed by atoms with Crippen LogP contribution in [0.3, 0.4) is 0 Å². The summed E-state index contributed by atoms with van der Waals surface area (Å²) in [5, 5.41) is 2.81. The lowest BCUT2D eigenvalue weighted by atomic mass is 9.86. The van der Waals surface area contributed by atoms with E-state index in [9.17, 15) is 26.8 Å². The van der Waals surface area contributed by atoms with Crippen LogP contribution >= 0.6 is 0 Å². The Labute approximate surface area is 211 Å². The number of hydrogen-bond donors (Lipinski definition) is 1. The Hall–Kier alpha value is -2.40. The molecule has 11 heteroatoms. The number of nitrogens with zero attached hydrogens (tertiary/aromatic N) is 3. The molecule has 2 amide bonds. The van der Waals surface area contributed by atoms with E-state index >= 15 is 0 Å². The third-order valence-electron chi connectivity index (χ3n) is 7.67. The number of carbonyl (C=O) groups excluding carboxylic acids is 2. The summed E-state index contributed by atoms with van der Waals surface area (Å²) in [6, 6.07) is 5.29. The van der Waals surface area contributed by atoms with Crippen LogP contribution in [0.5, 0.6) is 0 Å². The van der Waals surface area contributed by atoms with Crippen molar-refractivity contribution in [3.63, 3.8) is 0 Å². The van der Waals surface area contributed by atoms with Gasteiger partial charge in [0.15, 0.2) is 0 Å². The van der Waals surface area contributed by atoms with Crippen LogP contribution in [0.4, 0.5) is 8.78 Å². The summed E-state index contributed by atoms with van der Waals surface area (Å²) in [6.07, 6.45) is 1.01. The Kier molecular flexibility index (Phi) is 7.27. The van der Waals surface area contributed by atoms with Gasteiger partial charge in [0, 0.05) is 51.5 Å². The minimum atomic E-state index is -3.55. The van der Waals surface area contributed by atoms with Gasteiger partial charge < -0.3 is 10.2 Å². The molecule has 4 rings (SSSR count). The second-order valence-corrected chi connectivity index (χ2v) is 12.5. The van der Waals surface area contributed by atoms with Crippen LogP contribution in [0.1, 0.15) is 60.0 Å². The van der Waals surface area contributed by atoms with Crippen LogP contribution in [0.2, 0.25) is 0 Å². The minimum absolute atomic E-state index is 0.0706. The lowest BCUT2D eigenvalue weighted by Gasteiger charge is -2.34. The van der Waals surface area contributed by atoms with E-state index in [-0.39, 0.29) is 75.1 Å². The monoisotopic (exact) mass is 524 g/mol. The lowest BCUT2D eigenvalue weighted by molar-refractivity contribution is -0.125. The maximum atomic E-state index is 13.5. The van der Waals surface area contributed by atoms with E-state index in [0.717, 1.165) is 11.1 Å². The van der Waals surface area contributed by atoms with Crippen LogP contribution < -0.4 is 5.32 Å². The molecule has 8 nitrogen and oxygen atoms in total. The molecule has 0 bridgehead atoms. The predicted molar refractivity (Wildman–Crippen MR) is 133 cm³/mol. The molecule has 1 aromatic rings. The molecule has 1 saturated carbocycles. The Bertz CT molecular complexity index is 1160. The van der Waals surface area contributed by atoms with Gasteiger partial charge >= 0.3 is 0 Å². The standard InChI is InChI=1S/C25H34F2N4O4S/c1-17-16-20(22(32)30(2)3)5-4-18(17)8-15-36(34,35)31-13-11-24(12-14-31)23(33)28-21(29-24)19-6-9-25(26,27)10-7-19/h4-5,16,19H,6-15H2,1-3H3,(H,28,29,33). The summed E-state index contributed by atoms with van der Waals surface area (Å²) in [4.78, 5) is 31.1. The SMILES string of the molecule is Cc1cc(C(=O)N(C)C)ccc1CCS(=O)(=O)N1CCC2(CC1)N=C(C1CCC(F)(F)CC1)NC2=O. The van der Waals surface area contributed by atoms with E-state index in [1.165, 1.54) is 9.21 Å². The highest BCUT2D eigenvalue weighted by atomic mass is 32.2. The smallest absolute Gasteiger partial charge is 0.253 e. The van der Waals surface area contributed by atoms with Gasteiger partial charge in [-0.3, -0.25) is 14.6 Å². The number of halogens is 2. The first-order valence-corrected chi connectivity index (χ1v) is 14.0.